The van der Waals surface area contributed by atoms with E-state index >= 15 is 0 Å². The summed E-state index contributed by atoms with van der Waals surface area (Å²) in [6, 6.07) is 16.3. The topological polar surface area (TPSA) is 51.5 Å². The number of ketones is 1. The highest BCUT2D eigenvalue weighted by Crippen LogP contribution is 2.22. The van der Waals surface area contributed by atoms with Crippen LogP contribution >= 0.6 is 0 Å². The van der Waals surface area contributed by atoms with Gasteiger partial charge in [-0.1, -0.05) is 30.3 Å². The first-order chi connectivity index (χ1) is 13.4. The number of nitrogens with zero attached hydrogens (tertiary/aromatic N) is 2. The Morgan fingerprint density at radius 3 is 2.46 bits per heavy atom. The van der Waals surface area contributed by atoms with Crippen LogP contribution in [-0.2, 0) is 16.1 Å². The molecule has 0 fully saturated rings. The number of esters is 1. The molecule has 1 heterocycles. The number of aryl methyl sites for hydroxylation is 1. The summed E-state index contributed by atoms with van der Waals surface area (Å²) in [4.78, 5) is 26.3. The molecule has 1 aromatic heterocycles. The Hall–Kier alpha value is -3.08. The molecule has 0 N–H and O–H groups in total. The number of hydrogen-bond acceptors (Lipinski definition) is 4. The maximum absolute atomic E-state index is 12.9. The first-order valence-corrected chi connectivity index (χ1v) is 9.37. The Balaban J connectivity index is 1.75. The van der Waals surface area contributed by atoms with Gasteiger partial charge in [-0.3, -0.25) is 9.59 Å². The van der Waals surface area contributed by atoms with Gasteiger partial charge in [0.1, 0.15) is 0 Å². The molecular formula is C23H26N2O3. The van der Waals surface area contributed by atoms with Gasteiger partial charge < -0.3 is 14.2 Å². The normalized spacial score (nSPS) is 10.9. The quantitative estimate of drug-likeness (QED) is 0.458. The van der Waals surface area contributed by atoms with E-state index in [4.69, 9.17) is 4.74 Å². The van der Waals surface area contributed by atoms with Gasteiger partial charge in [-0.05, 0) is 42.8 Å². The van der Waals surface area contributed by atoms with Crippen LogP contribution in [0.25, 0.3) is 10.8 Å². The average Bonchev–Trinajstić information content (AvgIpc) is 2.99. The number of rotatable bonds is 7. The van der Waals surface area contributed by atoms with Crippen LogP contribution in [0.3, 0.4) is 0 Å². The van der Waals surface area contributed by atoms with E-state index < -0.39 is 0 Å². The minimum atomic E-state index is -0.253. The molecule has 5 nitrogen and oxygen atoms in total. The van der Waals surface area contributed by atoms with Crippen LogP contribution < -0.4 is 4.90 Å². The second-order valence-electron chi connectivity index (χ2n) is 7.07. The number of likely N-dealkylation sites (N-methyl/N-ethyl adjacent to an activating group) is 1. The Morgan fingerprint density at radius 1 is 1.04 bits per heavy atom. The Morgan fingerprint density at radius 2 is 1.75 bits per heavy atom. The molecule has 3 rings (SSSR count). The van der Waals surface area contributed by atoms with Gasteiger partial charge in [-0.25, -0.2) is 0 Å². The smallest absolute Gasteiger partial charge is 0.307 e. The summed E-state index contributed by atoms with van der Waals surface area (Å²) in [5.74, 6) is -0.190. The van der Waals surface area contributed by atoms with Gasteiger partial charge in [-0.15, -0.1) is 0 Å². The summed E-state index contributed by atoms with van der Waals surface area (Å²) >= 11 is 0. The molecule has 0 bridgehead atoms. The summed E-state index contributed by atoms with van der Waals surface area (Å²) in [6.45, 7) is 4.68. The number of Topliss-reactive ketones (excluding diaryl/α,β-unsaturated/α-hetero) is 1. The lowest BCUT2D eigenvalue weighted by atomic mass is 10.1. The molecule has 0 amide bonds. The Labute approximate surface area is 165 Å². The molecule has 146 valence electrons. The minimum Gasteiger partial charge on any atom is -0.469 e. The number of anilines is 1. The van der Waals surface area contributed by atoms with Gasteiger partial charge in [0.05, 0.1) is 20.1 Å². The minimum absolute atomic E-state index is 0.0630. The van der Waals surface area contributed by atoms with Gasteiger partial charge in [0.15, 0.2) is 5.78 Å². The van der Waals surface area contributed by atoms with Crippen LogP contribution in [0.4, 0.5) is 5.69 Å². The molecule has 28 heavy (non-hydrogen) atoms. The molecule has 0 aliphatic rings. The van der Waals surface area contributed by atoms with Crippen molar-refractivity contribution in [3.63, 3.8) is 0 Å². The molecule has 0 atom stereocenters. The fraction of sp³-hybridized carbons (Fsp3) is 0.304. The zero-order valence-electron chi connectivity index (χ0n) is 16.9. The van der Waals surface area contributed by atoms with Gasteiger partial charge >= 0.3 is 5.97 Å². The SMILES string of the molecule is COC(=O)CCn1c(C)cc(C(=O)CN(C)c2ccc3ccccc3c2)c1C. The van der Waals surface area contributed by atoms with E-state index in [-0.39, 0.29) is 18.2 Å². The summed E-state index contributed by atoms with van der Waals surface area (Å²) in [6.07, 6.45) is 0.289. The first-order valence-electron chi connectivity index (χ1n) is 9.37. The van der Waals surface area contributed by atoms with Crippen molar-refractivity contribution in [1.29, 1.82) is 0 Å². The fourth-order valence-corrected chi connectivity index (χ4v) is 3.54. The molecule has 0 radical (unpaired) electrons. The summed E-state index contributed by atoms with van der Waals surface area (Å²) < 4.78 is 6.71. The van der Waals surface area contributed by atoms with E-state index in [9.17, 15) is 9.59 Å². The Kier molecular flexibility index (Phi) is 5.83. The van der Waals surface area contributed by atoms with E-state index in [1.54, 1.807) is 0 Å². The van der Waals surface area contributed by atoms with E-state index in [1.807, 2.05) is 54.6 Å². The second-order valence-corrected chi connectivity index (χ2v) is 7.07. The number of methoxy groups -OCH3 is 1. The van der Waals surface area contributed by atoms with Gasteiger partial charge in [0.2, 0.25) is 0 Å². The van der Waals surface area contributed by atoms with Crippen molar-refractivity contribution in [3.8, 4) is 0 Å². The van der Waals surface area contributed by atoms with E-state index in [1.165, 1.54) is 12.5 Å². The molecule has 3 aromatic rings. The number of hydrogen-bond donors (Lipinski definition) is 0. The lowest BCUT2D eigenvalue weighted by Gasteiger charge is -2.19. The summed E-state index contributed by atoms with van der Waals surface area (Å²) in [7, 11) is 3.31. The summed E-state index contributed by atoms with van der Waals surface area (Å²) in [5, 5.41) is 2.33. The van der Waals surface area contributed by atoms with Crippen LogP contribution in [-0.4, -0.2) is 37.0 Å². The lowest BCUT2D eigenvalue weighted by molar-refractivity contribution is -0.140. The molecule has 0 saturated heterocycles. The molecule has 0 aliphatic heterocycles. The monoisotopic (exact) mass is 378 g/mol. The zero-order valence-corrected chi connectivity index (χ0v) is 16.9. The zero-order chi connectivity index (χ0) is 20.3. The van der Waals surface area contributed by atoms with Crippen molar-refractivity contribution >= 4 is 28.2 Å². The van der Waals surface area contributed by atoms with Crippen molar-refractivity contribution in [3.05, 3.63) is 65.5 Å². The standard InChI is InChI=1S/C23H26N2O3/c1-16-13-21(17(2)25(16)12-11-23(27)28-4)22(26)15-24(3)20-10-9-18-7-5-6-8-19(18)14-20/h5-10,13-14H,11-12,15H2,1-4H3. The van der Waals surface area contributed by atoms with Crippen molar-refractivity contribution in [2.24, 2.45) is 0 Å². The molecule has 0 saturated carbocycles. The average molecular weight is 378 g/mol. The van der Waals surface area contributed by atoms with Crippen LogP contribution in [0.15, 0.2) is 48.5 Å². The molecule has 0 aliphatic carbocycles. The van der Waals surface area contributed by atoms with Crippen molar-refractivity contribution in [2.45, 2.75) is 26.8 Å². The molecule has 5 heteroatoms. The maximum Gasteiger partial charge on any atom is 0.307 e. The lowest BCUT2D eigenvalue weighted by Crippen LogP contribution is -2.26. The maximum atomic E-state index is 12.9. The first kappa shape index (κ1) is 19.7. The van der Waals surface area contributed by atoms with Crippen LogP contribution in [0.2, 0.25) is 0 Å². The van der Waals surface area contributed by atoms with E-state index in [0.717, 1.165) is 22.5 Å². The number of ether oxygens (including phenoxy) is 1. The molecule has 0 spiro atoms. The Bertz CT molecular complexity index is 1020. The summed E-state index contributed by atoms with van der Waals surface area (Å²) in [5.41, 5.74) is 3.57. The third-order valence-corrected chi connectivity index (χ3v) is 5.20. The third-order valence-electron chi connectivity index (χ3n) is 5.20. The molecule has 2 aromatic carbocycles. The highest BCUT2D eigenvalue weighted by molar-refractivity contribution is 6.00. The molecular weight excluding hydrogens is 352 g/mol. The number of carbonyl (C=O) groups excluding carboxylic acids is 2. The van der Waals surface area contributed by atoms with Crippen LogP contribution in [0, 0.1) is 13.8 Å². The van der Waals surface area contributed by atoms with Crippen LogP contribution in [0.1, 0.15) is 28.2 Å². The largest absolute Gasteiger partial charge is 0.469 e. The molecule has 0 unspecified atom stereocenters. The third kappa shape index (κ3) is 4.09. The van der Waals surface area contributed by atoms with Gasteiger partial charge in [0, 0.05) is 36.2 Å². The highest BCUT2D eigenvalue weighted by atomic mass is 16.5. The number of carbonyl (C=O) groups is 2. The predicted octanol–water partition coefficient (Wildman–Crippen LogP) is 4.14. The number of benzene rings is 2. The van der Waals surface area contributed by atoms with Crippen molar-refractivity contribution in [1.82, 2.24) is 4.57 Å². The fourth-order valence-electron chi connectivity index (χ4n) is 3.54. The second kappa shape index (κ2) is 8.30. The van der Waals surface area contributed by atoms with Gasteiger partial charge in [-0.2, -0.15) is 0 Å². The van der Waals surface area contributed by atoms with Crippen molar-refractivity contribution < 1.29 is 14.3 Å². The number of aromatic nitrogens is 1. The highest BCUT2D eigenvalue weighted by Gasteiger charge is 2.18. The van der Waals surface area contributed by atoms with E-state index in [2.05, 4.69) is 24.3 Å². The van der Waals surface area contributed by atoms with E-state index in [0.29, 0.717) is 18.7 Å². The van der Waals surface area contributed by atoms with Gasteiger partial charge in [0.25, 0.3) is 0 Å². The van der Waals surface area contributed by atoms with Crippen LogP contribution in [0.5, 0.6) is 0 Å². The van der Waals surface area contributed by atoms with Crippen molar-refractivity contribution in [2.75, 3.05) is 25.6 Å². The number of fused-ring (bicyclic) bond motifs is 1. The predicted molar refractivity (Wildman–Crippen MR) is 112 cm³/mol.